The lowest BCUT2D eigenvalue weighted by atomic mass is 10.1. The van der Waals surface area contributed by atoms with E-state index in [4.69, 9.17) is 4.42 Å². The predicted molar refractivity (Wildman–Crippen MR) is 133 cm³/mol. The summed E-state index contributed by atoms with van der Waals surface area (Å²) in [5.74, 6) is 2.32. The van der Waals surface area contributed by atoms with Crippen LogP contribution in [0.5, 0.6) is 0 Å². The van der Waals surface area contributed by atoms with Crippen LogP contribution in [-0.4, -0.2) is 29.9 Å². The molecule has 34 heavy (non-hydrogen) atoms. The highest BCUT2D eigenvalue weighted by Gasteiger charge is 2.20. The summed E-state index contributed by atoms with van der Waals surface area (Å²) in [4.78, 5) is 3.34. The number of benzene rings is 3. The van der Waals surface area contributed by atoms with E-state index in [0.717, 1.165) is 44.3 Å². The second-order valence-electron chi connectivity index (χ2n) is 7.83. The molecule has 0 fully saturated rings. The number of fused-ring (bicyclic) bond motifs is 1. The number of aryl methyl sites for hydroxylation is 1. The van der Waals surface area contributed by atoms with Gasteiger partial charge in [-0.2, -0.15) is 0 Å². The van der Waals surface area contributed by atoms with Gasteiger partial charge in [0.05, 0.1) is 11.4 Å². The van der Waals surface area contributed by atoms with E-state index in [9.17, 15) is 0 Å². The molecule has 3 aromatic carbocycles. The van der Waals surface area contributed by atoms with Crippen LogP contribution in [0.4, 0.5) is 0 Å². The first-order valence-corrected chi connectivity index (χ1v) is 11.8. The minimum atomic E-state index is 0.484. The van der Waals surface area contributed by atoms with Crippen molar-refractivity contribution >= 4 is 22.7 Å². The van der Waals surface area contributed by atoms with E-state index < -0.39 is 0 Å². The summed E-state index contributed by atoms with van der Waals surface area (Å²) < 4.78 is 7.99. The van der Waals surface area contributed by atoms with Crippen LogP contribution in [-0.2, 0) is 5.75 Å². The zero-order valence-corrected chi connectivity index (χ0v) is 19.2. The quantitative estimate of drug-likeness (QED) is 0.301. The van der Waals surface area contributed by atoms with Gasteiger partial charge in [0.15, 0.2) is 11.0 Å². The van der Waals surface area contributed by atoms with Gasteiger partial charge in [0.1, 0.15) is 0 Å². The number of rotatable bonds is 6. The normalized spacial score (nSPS) is 11.3. The number of nitrogens with zero attached hydrogens (tertiary/aromatic N) is 5. The molecule has 0 amide bonds. The van der Waals surface area contributed by atoms with Crippen molar-refractivity contribution in [2.24, 2.45) is 0 Å². The maximum atomic E-state index is 5.89. The third kappa shape index (κ3) is 3.68. The predicted octanol–water partition coefficient (Wildman–Crippen LogP) is 6.07. The Morgan fingerprint density at radius 2 is 1.65 bits per heavy atom. The van der Waals surface area contributed by atoms with E-state index in [0.29, 0.717) is 17.5 Å². The molecule has 0 unspecified atom stereocenters. The average Bonchev–Trinajstić information content (AvgIpc) is 3.62. The van der Waals surface area contributed by atoms with Crippen LogP contribution in [0.3, 0.4) is 0 Å². The molecule has 0 saturated carbocycles. The van der Waals surface area contributed by atoms with Gasteiger partial charge in [0.25, 0.3) is 0 Å². The van der Waals surface area contributed by atoms with E-state index in [2.05, 4.69) is 61.1 Å². The number of aromatic amines is 1. The molecular weight excluding hydrogens is 444 g/mol. The number of hydrogen-bond acceptors (Lipinski definition) is 6. The van der Waals surface area contributed by atoms with Gasteiger partial charge in [-0.1, -0.05) is 66.4 Å². The van der Waals surface area contributed by atoms with E-state index in [-0.39, 0.29) is 0 Å². The highest BCUT2D eigenvalue weighted by Crippen LogP contribution is 2.34. The fraction of sp³-hybridized carbons (Fsp3) is 0.0769. The summed E-state index contributed by atoms with van der Waals surface area (Å²) in [5, 5.41) is 19.4. The lowest BCUT2D eigenvalue weighted by molar-refractivity contribution is 0.528. The SMILES string of the molecule is Cc1ccccc1-n1c(SCc2nnc(-c3ccccc3)o2)nnc1-c1c[nH]c2ccccc12. The summed E-state index contributed by atoms with van der Waals surface area (Å²) in [5.41, 5.74) is 5.13. The minimum absolute atomic E-state index is 0.484. The Hall–Kier alpha value is -4.17. The first-order chi connectivity index (χ1) is 16.8. The average molecular weight is 465 g/mol. The number of aromatic nitrogens is 6. The summed E-state index contributed by atoms with van der Waals surface area (Å²) in [6.45, 7) is 2.09. The van der Waals surface area contributed by atoms with Crippen molar-refractivity contribution in [1.82, 2.24) is 29.9 Å². The third-order valence-corrected chi connectivity index (χ3v) is 6.55. The molecule has 0 aliphatic rings. The zero-order chi connectivity index (χ0) is 22.9. The van der Waals surface area contributed by atoms with Gasteiger partial charge >= 0.3 is 0 Å². The molecule has 6 aromatic rings. The molecule has 0 atom stereocenters. The Kier molecular flexibility index (Phi) is 5.20. The molecule has 1 N–H and O–H groups in total. The molecule has 0 radical (unpaired) electrons. The van der Waals surface area contributed by atoms with Crippen LogP contribution < -0.4 is 0 Å². The van der Waals surface area contributed by atoms with Crippen LogP contribution in [0.2, 0.25) is 0 Å². The second-order valence-corrected chi connectivity index (χ2v) is 8.77. The standard InChI is InChI=1S/C26H20N6OS/c1-17-9-5-8-14-22(17)32-24(20-15-27-21-13-7-6-12-19(20)21)29-31-26(32)34-16-23-28-30-25(33-23)18-10-3-2-4-11-18/h2-15,27H,16H2,1H3. The molecular formula is C26H20N6OS. The lowest BCUT2D eigenvalue weighted by Crippen LogP contribution is -2.01. The Balaban J connectivity index is 1.38. The van der Waals surface area contributed by atoms with Crippen molar-refractivity contribution in [3.8, 4) is 28.5 Å². The van der Waals surface area contributed by atoms with Crippen LogP contribution in [0.15, 0.2) is 94.6 Å². The minimum Gasteiger partial charge on any atom is -0.420 e. The van der Waals surface area contributed by atoms with Crippen molar-refractivity contribution < 1.29 is 4.42 Å². The molecule has 0 bridgehead atoms. The Bertz CT molecular complexity index is 1580. The molecule has 0 saturated heterocycles. The summed E-state index contributed by atoms with van der Waals surface area (Å²) in [6.07, 6.45) is 1.99. The zero-order valence-electron chi connectivity index (χ0n) is 18.3. The fourth-order valence-electron chi connectivity index (χ4n) is 3.96. The highest BCUT2D eigenvalue weighted by atomic mass is 32.2. The van der Waals surface area contributed by atoms with Gasteiger partial charge in [-0.05, 0) is 36.8 Å². The van der Waals surface area contributed by atoms with Gasteiger partial charge in [0.2, 0.25) is 11.8 Å². The van der Waals surface area contributed by atoms with E-state index in [1.165, 1.54) is 11.8 Å². The Morgan fingerprint density at radius 3 is 2.53 bits per heavy atom. The second kappa shape index (κ2) is 8.64. The van der Waals surface area contributed by atoms with E-state index >= 15 is 0 Å². The van der Waals surface area contributed by atoms with Crippen LogP contribution in [0, 0.1) is 6.92 Å². The molecule has 0 aliphatic carbocycles. The summed E-state index contributed by atoms with van der Waals surface area (Å²) in [7, 11) is 0. The molecule has 3 heterocycles. The van der Waals surface area contributed by atoms with Gasteiger partial charge < -0.3 is 9.40 Å². The number of nitrogens with one attached hydrogen (secondary N) is 1. The number of para-hydroxylation sites is 2. The smallest absolute Gasteiger partial charge is 0.247 e. The summed E-state index contributed by atoms with van der Waals surface area (Å²) >= 11 is 1.52. The van der Waals surface area contributed by atoms with Crippen LogP contribution in [0.1, 0.15) is 11.5 Å². The van der Waals surface area contributed by atoms with Crippen molar-refractivity contribution in [1.29, 1.82) is 0 Å². The van der Waals surface area contributed by atoms with Gasteiger partial charge in [-0.25, -0.2) is 0 Å². The molecule has 6 rings (SSSR count). The first kappa shape index (κ1) is 20.4. The van der Waals surface area contributed by atoms with Crippen molar-refractivity contribution in [3.63, 3.8) is 0 Å². The summed E-state index contributed by atoms with van der Waals surface area (Å²) in [6, 6.07) is 26.2. The number of thioether (sulfide) groups is 1. The topological polar surface area (TPSA) is 85.4 Å². The maximum absolute atomic E-state index is 5.89. The van der Waals surface area contributed by atoms with Gasteiger partial charge in [-0.15, -0.1) is 20.4 Å². The number of H-pyrrole nitrogens is 1. The molecule has 7 nitrogen and oxygen atoms in total. The Morgan fingerprint density at radius 1 is 0.853 bits per heavy atom. The van der Waals surface area contributed by atoms with Crippen molar-refractivity contribution in [2.75, 3.05) is 0 Å². The first-order valence-electron chi connectivity index (χ1n) is 10.9. The van der Waals surface area contributed by atoms with Crippen LogP contribution >= 0.6 is 11.8 Å². The van der Waals surface area contributed by atoms with E-state index in [1.807, 2.05) is 60.8 Å². The molecule has 0 aliphatic heterocycles. The van der Waals surface area contributed by atoms with E-state index in [1.54, 1.807) is 0 Å². The van der Waals surface area contributed by atoms with Gasteiger partial charge in [-0.3, -0.25) is 4.57 Å². The highest BCUT2D eigenvalue weighted by molar-refractivity contribution is 7.98. The molecule has 166 valence electrons. The van der Waals surface area contributed by atoms with Gasteiger partial charge in [0, 0.05) is 28.2 Å². The fourth-order valence-corrected chi connectivity index (χ4v) is 4.74. The molecule has 8 heteroatoms. The van der Waals surface area contributed by atoms with Crippen molar-refractivity contribution in [3.05, 3.63) is 96.5 Å². The molecule has 3 aromatic heterocycles. The number of hydrogen-bond donors (Lipinski definition) is 1. The van der Waals surface area contributed by atoms with Crippen molar-refractivity contribution in [2.45, 2.75) is 17.8 Å². The monoisotopic (exact) mass is 464 g/mol. The molecule has 0 spiro atoms. The Labute approximate surface area is 199 Å². The maximum Gasteiger partial charge on any atom is 0.247 e. The third-order valence-electron chi connectivity index (χ3n) is 5.63. The lowest BCUT2D eigenvalue weighted by Gasteiger charge is -2.12. The largest absolute Gasteiger partial charge is 0.420 e. The van der Waals surface area contributed by atoms with Crippen LogP contribution in [0.25, 0.3) is 39.4 Å².